The minimum absolute atomic E-state index is 0.147. The number of halogens is 3. The van der Waals surface area contributed by atoms with Crippen LogP contribution in [0.15, 0.2) is 36.8 Å². The molecule has 0 atom stereocenters. The number of benzene rings is 1. The van der Waals surface area contributed by atoms with Gasteiger partial charge in [-0.3, -0.25) is 4.98 Å². The first-order chi connectivity index (χ1) is 10.2. The highest BCUT2D eigenvalue weighted by Crippen LogP contribution is 2.34. The van der Waals surface area contributed by atoms with E-state index in [9.17, 15) is 0 Å². The summed E-state index contributed by atoms with van der Waals surface area (Å²) in [6, 6.07) is 7.15. The smallest absolute Gasteiger partial charge is 0.228 e. The summed E-state index contributed by atoms with van der Waals surface area (Å²) in [6.45, 7) is 0. The molecular formula is C14H8Cl3N3O. The molecule has 21 heavy (non-hydrogen) atoms. The van der Waals surface area contributed by atoms with Crippen molar-refractivity contribution in [2.45, 2.75) is 5.88 Å². The summed E-state index contributed by atoms with van der Waals surface area (Å²) in [5.74, 6) is 0.976. The Balaban J connectivity index is 2.11. The fourth-order valence-corrected chi connectivity index (χ4v) is 2.59. The monoisotopic (exact) mass is 339 g/mol. The molecule has 0 aliphatic heterocycles. The predicted octanol–water partition coefficient (Wildman–Crippen LogP) is 4.86. The van der Waals surface area contributed by atoms with Crippen molar-refractivity contribution in [3.63, 3.8) is 0 Å². The number of ether oxygens (including phenoxy) is 1. The van der Waals surface area contributed by atoms with Crippen LogP contribution in [0.2, 0.25) is 10.2 Å². The number of aromatic nitrogens is 3. The molecule has 0 aliphatic rings. The number of hydrogen-bond acceptors (Lipinski definition) is 4. The van der Waals surface area contributed by atoms with Gasteiger partial charge in [0.1, 0.15) is 17.0 Å². The van der Waals surface area contributed by atoms with E-state index in [2.05, 4.69) is 15.0 Å². The van der Waals surface area contributed by atoms with Crippen LogP contribution in [0, 0.1) is 0 Å². The van der Waals surface area contributed by atoms with Crippen LogP contribution in [-0.4, -0.2) is 15.0 Å². The van der Waals surface area contributed by atoms with Crippen molar-refractivity contribution in [3.05, 3.63) is 52.5 Å². The van der Waals surface area contributed by atoms with E-state index >= 15 is 0 Å². The average molecular weight is 341 g/mol. The molecule has 0 bridgehead atoms. The van der Waals surface area contributed by atoms with E-state index < -0.39 is 0 Å². The number of nitrogens with zero attached hydrogens (tertiary/aromatic N) is 3. The van der Waals surface area contributed by atoms with Crippen LogP contribution in [0.1, 0.15) is 5.56 Å². The van der Waals surface area contributed by atoms with Crippen LogP contribution in [0.4, 0.5) is 0 Å². The maximum Gasteiger partial charge on any atom is 0.228 e. The molecule has 3 aromatic rings. The molecule has 0 aliphatic carbocycles. The molecule has 0 saturated heterocycles. The van der Waals surface area contributed by atoms with Crippen LogP contribution < -0.4 is 4.74 Å². The van der Waals surface area contributed by atoms with Gasteiger partial charge in [0.15, 0.2) is 5.75 Å². The van der Waals surface area contributed by atoms with Gasteiger partial charge in [-0.15, -0.1) is 11.6 Å². The van der Waals surface area contributed by atoms with E-state index in [-0.39, 0.29) is 11.0 Å². The Morgan fingerprint density at radius 1 is 1.05 bits per heavy atom. The minimum Gasteiger partial charge on any atom is -0.436 e. The van der Waals surface area contributed by atoms with Gasteiger partial charge in [0.2, 0.25) is 5.88 Å². The average Bonchev–Trinajstić information content (AvgIpc) is 2.51. The van der Waals surface area contributed by atoms with Gasteiger partial charge < -0.3 is 4.74 Å². The lowest BCUT2D eigenvalue weighted by Gasteiger charge is -2.11. The zero-order chi connectivity index (χ0) is 14.8. The number of fused-ring (bicyclic) bond motifs is 1. The Kier molecular flexibility index (Phi) is 4.10. The van der Waals surface area contributed by atoms with Crippen LogP contribution in [0.25, 0.3) is 10.9 Å². The van der Waals surface area contributed by atoms with Crippen LogP contribution in [0.5, 0.6) is 11.6 Å². The van der Waals surface area contributed by atoms with Crippen molar-refractivity contribution in [2.75, 3.05) is 0 Å². The number of hydrogen-bond donors (Lipinski definition) is 0. The van der Waals surface area contributed by atoms with Crippen LogP contribution in [0.3, 0.4) is 0 Å². The number of pyridine rings is 1. The third kappa shape index (κ3) is 2.75. The summed E-state index contributed by atoms with van der Waals surface area (Å²) >= 11 is 18.0. The van der Waals surface area contributed by atoms with E-state index in [1.54, 1.807) is 18.3 Å². The van der Waals surface area contributed by atoms with Crippen molar-refractivity contribution in [1.82, 2.24) is 15.0 Å². The Hall–Kier alpha value is -1.62. The highest BCUT2D eigenvalue weighted by Gasteiger charge is 2.14. The number of alkyl halides is 1. The molecule has 1 aromatic carbocycles. The van der Waals surface area contributed by atoms with Crippen molar-refractivity contribution in [2.24, 2.45) is 0 Å². The molecule has 4 nitrogen and oxygen atoms in total. The summed E-state index contributed by atoms with van der Waals surface area (Å²) in [5, 5.41) is 1.66. The van der Waals surface area contributed by atoms with Gasteiger partial charge in [0.05, 0.1) is 16.5 Å². The van der Waals surface area contributed by atoms with Gasteiger partial charge in [0.25, 0.3) is 0 Å². The summed E-state index contributed by atoms with van der Waals surface area (Å²) in [5.41, 5.74) is 1.17. The molecule has 0 fully saturated rings. The summed E-state index contributed by atoms with van der Waals surface area (Å²) in [7, 11) is 0. The Morgan fingerprint density at radius 2 is 1.90 bits per heavy atom. The maximum absolute atomic E-state index is 6.15. The molecule has 2 aromatic heterocycles. The molecule has 7 heteroatoms. The largest absolute Gasteiger partial charge is 0.436 e. The molecular weight excluding hydrogens is 333 g/mol. The highest BCUT2D eigenvalue weighted by atomic mass is 35.5. The SMILES string of the molecule is ClCc1c(Cl)ncnc1Oc1ccc(Cl)c2cccnc12. The van der Waals surface area contributed by atoms with Crippen molar-refractivity contribution >= 4 is 45.7 Å². The topological polar surface area (TPSA) is 47.9 Å². The lowest BCUT2D eigenvalue weighted by molar-refractivity contribution is 0.461. The standard InChI is InChI=1S/C14H8Cl3N3O/c15-6-9-13(17)19-7-20-14(9)21-11-4-3-10(16)8-2-1-5-18-12(8)11/h1-5,7H,6H2. The van der Waals surface area contributed by atoms with Gasteiger partial charge in [-0.25, -0.2) is 9.97 Å². The van der Waals surface area contributed by atoms with E-state index in [0.717, 1.165) is 5.39 Å². The van der Waals surface area contributed by atoms with Crippen LogP contribution >= 0.6 is 34.8 Å². The second kappa shape index (κ2) is 6.02. The fourth-order valence-electron chi connectivity index (χ4n) is 1.87. The summed E-state index contributed by atoms with van der Waals surface area (Å²) in [4.78, 5) is 12.3. The summed E-state index contributed by atoms with van der Waals surface area (Å²) < 4.78 is 5.81. The molecule has 0 N–H and O–H groups in total. The molecule has 0 saturated carbocycles. The normalized spacial score (nSPS) is 10.8. The fraction of sp³-hybridized carbons (Fsp3) is 0.0714. The first kappa shape index (κ1) is 14.3. The highest BCUT2D eigenvalue weighted by molar-refractivity contribution is 6.35. The van der Waals surface area contributed by atoms with Gasteiger partial charge in [0, 0.05) is 11.6 Å². The first-order valence-corrected chi connectivity index (χ1v) is 7.26. The maximum atomic E-state index is 6.15. The minimum atomic E-state index is 0.147. The molecule has 0 unspecified atom stereocenters. The Labute approximate surface area is 135 Å². The van der Waals surface area contributed by atoms with Crippen molar-refractivity contribution in [1.29, 1.82) is 0 Å². The molecule has 0 radical (unpaired) electrons. The van der Waals surface area contributed by atoms with Gasteiger partial charge in [-0.05, 0) is 24.3 Å². The van der Waals surface area contributed by atoms with Crippen LogP contribution in [-0.2, 0) is 5.88 Å². The lowest BCUT2D eigenvalue weighted by atomic mass is 10.2. The van der Waals surface area contributed by atoms with Gasteiger partial charge in [-0.1, -0.05) is 23.2 Å². The van der Waals surface area contributed by atoms with Crippen molar-refractivity contribution in [3.8, 4) is 11.6 Å². The second-order valence-electron chi connectivity index (χ2n) is 4.13. The number of rotatable bonds is 3. The Morgan fingerprint density at radius 3 is 2.71 bits per heavy atom. The van der Waals surface area contributed by atoms with E-state index in [1.807, 2.05) is 12.1 Å². The molecule has 0 amide bonds. The van der Waals surface area contributed by atoms with Crippen molar-refractivity contribution < 1.29 is 4.74 Å². The third-order valence-corrected chi connectivity index (χ3v) is 3.80. The molecule has 3 rings (SSSR count). The third-order valence-electron chi connectivity index (χ3n) is 2.87. The Bertz CT molecular complexity index is 811. The zero-order valence-electron chi connectivity index (χ0n) is 10.6. The van der Waals surface area contributed by atoms with E-state index in [0.29, 0.717) is 27.7 Å². The predicted molar refractivity (Wildman–Crippen MR) is 83.4 cm³/mol. The molecule has 0 spiro atoms. The quantitative estimate of drug-likeness (QED) is 0.504. The second-order valence-corrected chi connectivity index (χ2v) is 5.16. The zero-order valence-corrected chi connectivity index (χ0v) is 12.8. The molecule has 2 heterocycles. The van der Waals surface area contributed by atoms with E-state index in [1.165, 1.54) is 6.33 Å². The summed E-state index contributed by atoms with van der Waals surface area (Å²) in [6.07, 6.45) is 2.99. The van der Waals surface area contributed by atoms with Gasteiger partial charge in [-0.2, -0.15) is 0 Å². The van der Waals surface area contributed by atoms with Gasteiger partial charge >= 0.3 is 0 Å². The first-order valence-electron chi connectivity index (χ1n) is 5.97. The van der Waals surface area contributed by atoms with E-state index in [4.69, 9.17) is 39.5 Å². The molecule has 106 valence electrons. The lowest BCUT2D eigenvalue weighted by Crippen LogP contribution is -1.97.